The van der Waals surface area contributed by atoms with Crippen molar-refractivity contribution in [3.8, 4) is 17.1 Å². The van der Waals surface area contributed by atoms with Crippen molar-refractivity contribution in [1.29, 1.82) is 0 Å². The van der Waals surface area contributed by atoms with Crippen LogP contribution in [-0.4, -0.2) is 42.5 Å². The molecular weight excluding hydrogens is 575 g/mol. The molecule has 208 valence electrons. The number of hydrogen-bond acceptors (Lipinski definition) is 6. The fourth-order valence-corrected chi connectivity index (χ4v) is 6.39. The quantitative estimate of drug-likeness (QED) is 0.317. The van der Waals surface area contributed by atoms with Crippen LogP contribution in [0.15, 0.2) is 86.9 Å². The summed E-state index contributed by atoms with van der Waals surface area (Å²) in [6, 6.07) is 13.7. The highest BCUT2D eigenvalue weighted by molar-refractivity contribution is 7.89. The van der Waals surface area contributed by atoms with Gasteiger partial charge in [-0.25, -0.2) is 8.42 Å². The van der Waals surface area contributed by atoms with Gasteiger partial charge in [0.05, 0.1) is 33.0 Å². The van der Waals surface area contributed by atoms with E-state index in [9.17, 15) is 36.3 Å². The monoisotopic (exact) mass is 593 g/mol. The second-order valence-electron chi connectivity index (χ2n) is 9.02. The summed E-state index contributed by atoms with van der Waals surface area (Å²) in [7, 11) is -4.27. The maximum atomic E-state index is 13.6. The van der Waals surface area contributed by atoms with Gasteiger partial charge in [0.15, 0.2) is 11.0 Å². The molecule has 1 aliphatic heterocycles. The Kier molecular flexibility index (Phi) is 7.11. The van der Waals surface area contributed by atoms with E-state index in [1.165, 1.54) is 36.4 Å². The molecule has 1 fully saturated rings. The van der Waals surface area contributed by atoms with E-state index in [2.05, 4.69) is 0 Å². The molecule has 0 spiro atoms. The minimum Gasteiger partial charge on any atom is -0.488 e. The van der Waals surface area contributed by atoms with Gasteiger partial charge in [0.1, 0.15) is 23.7 Å². The number of aliphatic carboxylic acids is 1. The Balaban J connectivity index is 1.57. The normalized spacial score (nSPS) is 18.2. The van der Waals surface area contributed by atoms with Crippen LogP contribution in [0.25, 0.3) is 22.3 Å². The first-order valence-corrected chi connectivity index (χ1v) is 13.6. The molecular formula is C27H19ClF3NO7S. The molecule has 2 atom stereocenters. The van der Waals surface area contributed by atoms with Crippen molar-refractivity contribution in [3.63, 3.8) is 0 Å². The highest BCUT2D eigenvalue weighted by Crippen LogP contribution is 2.40. The van der Waals surface area contributed by atoms with Gasteiger partial charge in [0.25, 0.3) is 0 Å². The third-order valence-corrected chi connectivity index (χ3v) is 8.61. The number of ether oxygens (including phenoxy) is 1. The second-order valence-corrected chi connectivity index (χ2v) is 11.3. The number of para-hydroxylation sites is 1. The Labute approximate surface area is 230 Å². The average molecular weight is 594 g/mol. The predicted octanol–water partition coefficient (Wildman–Crippen LogP) is 5.43. The second kappa shape index (κ2) is 10.3. The Bertz CT molecular complexity index is 1770. The van der Waals surface area contributed by atoms with Gasteiger partial charge in [-0.2, -0.15) is 17.5 Å². The van der Waals surface area contributed by atoms with E-state index in [1.54, 1.807) is 12.1 Å². The predicted molar refractivity (Wildman–Crippen MR) is 139 cm³/mol. The summed E-state index contributed by atoms with van der Waals surface area (Å²) in [6.07, 6.45) is -6.24. The van der Waals surface area contributed by atoms with Crippen LogP contribution < -0.4 is 10.2 Å². The molecule has 0 aliphatic carbocycles. The third-order valence-electron chi connectivity index (χ3n) is 6.43. The number of carbonyl (C=O) groups is 1. The molecule has 0 saturated carbocycles. The summed E-state index contributed by atoms with van der Waals surface area (Å²) in [5.41, 5.74) is -1.60. The highest BCUT2D eigenvalue weighted by atomic mass is 35.5. The maximum Gasteiger partial charge on any atom is 0.416 e. The third kappa shape index (κ3) is 5.17. The Morgan fingerprint density at radius 1 is 1.05 bits per heavy atom. The first kappa shape index (κ1) is 27.7. The lowest BCUT2D eigenvalue weighted by atomic mass is 10.1. The van der Waals surface area contributed by atoms with Crippen molar-refractivity contribution in [2.24, 2.45) is 0 Å². The zero-order valence-electron chi connectivity index (χ0n) is 20.3. The van der Waals surface area contributed by atoms with E-state index in [1.807, 2.05) is 0 Å². The summed E-state index contributed by atoms with van der Waals surface area (Å²) >= 11 is 6.18. The number of fused-ring (bicyclic) bond motifs is 1. The van der Waals surface area contributed by atoms with E-state index in [4.69, 9.17) is 20.8 Å². The summed E-state index contributed by atoms with van der Waals surface area (Å²) < 4.78 is 79.6. The number of hydrogen-bond donors (Lipinski definition) is 1. The van der Waals surface area contributed by atoms with E-state index >= 15 is 0 Å². The molecule has 4 aromatic rings. The lowest BCUT2D eigenvalue weighted by Gasteiger charge is -2.21. The summed E-state index contributed by atoms with van der Waals surface area (Å²) in [4.78, 5) is 24.6. The molecule has 13 heteroatoms. The number of nitrogens with zero attached hydrogens (tertiary/aromatic N) is 1. The SMILES string of the molecule is O=C(O)[C@@H]1C[C@@H](Oc2cc(C(F)(F)F)ccc2-c2cc(=O)c3cccc(Cl)c3o2)CN1S(=O)(=O)c1ccccc1. The summed E-state index contributed by atoms with van der Waals surface area (Å²) in [5, 5.41) is 10.0. The van der Waals surface area contributed by atoms with Crippen LogP contribution in [0.5, 0.6) is 5.75 Å². The zero-order chi connectivity index (χ0) is 28.8. The van der Waals surface area contributed by atoms with Crippen molar-refractivity contribution >= 4 is 38.6 Å². The van der Waals surface area contributed by atoms with Crippen molar-refractivity contribution in [3.05, 3.63) is 93.6 Å². The Morgan fingerprint density at radius 3 is 2.45 bits per heavy atom. The van der Waals surface area contributed by atoms with Gasteiger partial charge in [-0.3, -0.25) is 9.59 Å². The standard InChI is InChI=1S/C27H19ClF3NO7S/c28-20-8-4-7-18-22(33)13-24(39-25(18)20)19-10-9-15(27(29,30)31)11-23(19)38-16-12-21(26(34)35)32(14-16)40(36,37)17-5-2-1-3-6-17/h1-11,13,16,21H,12,14H2,(H,34,35)/t16-,21+/m1/s1. The van der Waals surface area contributed by atoms with Gasteiger partial charge in [-0.15, -0.1) is 0 Å². The number of alkyl halides is 3. The van der Waals surface area contributed by atoms with Gasteiger partial charge >= 0.3 is 12.1 Å². The highest BCUT2D eigenvalue weighted by Gasteiger charge is 2.45. The molecule has 3 aromatic carbocycles. The van der Waals surface area contributed by atoms with Gasteiger partial charge in [0.2, 0.25) is 10.0 Å². The molecule has 0 radical (unpaired) electrons. The van der Waals surface area contributed by atoms with Crippen molar-refractivity contribution in [2.45, 2.75) is 29.6 Å². The largest absolute Gasteiger partial charge is 0.488 e. The van der Waals surface area contributed by atoms with Crippen LogP contribution in [-0.2, 0) is 21.0 Å². The number of halogens is 4. The molecule has 1 aromatic heterocycles. The average Bonchev–Trinajstić information content (AvgIpc) is 3.34. The maximum absolute atomic E-state index is 13.6. The number of sulfonamides is 1. The van der Waals surface area contributed by atoms with E-state index in [0.717, 1.165) is 22.5 Å². The van der Waals surface area contributed by atoms with Crippen LogP contribution in [0, 0.1) is 0 Å². The Morgan fingerprint density at radius 2 is 1.77 bits per heavy atom. The lowest BCUT2D eigenvalue weighted by molar-refractivity contribution is -0.140. The first-order chi connectivity index (χ1) is 18.9. The van der Waals surface area contributed by atoms with Gasteiger partial charge < -0.3 is 14.3 Å². The molecule has 8 nitrogen and oxygen atoms in total. The van der Waals surface area contributed by atoms with Crippen LogP contribution in [0.3, 0.4) is 0 Å². The minimum absolute atomic E-state index is 0.0180. The van der Waals surface area contributed by atoms with Gasteiger partial charge in [0, 0.05) is 12.5 Å². The van der Waals surface area contributed by atoms with Crippen molar-refractivity contribution in [2.75, 3.05) is 6.54 Å². The topological polar surface area (TPSA) is 114 Å². The lowest BCUT2D eigenvalue weighted by Crippen LogP contribution is -2.40. The van der Waals surface area contributed by atoms with E-state index in [-0.39, 0.29) is 44.4 Å². The molecule has 2 heterocycles. The van der Waals surface area contributed by atoms with Gasteiger partial charge in [-0.1, -0.05) is 35.9 Å². The van der Waals surface area contributed by atoms with Crippen LogP contribution in [0.2, 0.25) is 5.02 Å². The zero-order valence-corrected chi connectivity index (χ0v) is 21.8. The van der Waals surface area contributed by atoms with E-state index < -0.39 is 51.9 Å². The fraction of sp³-hybridized carbons (Fsp3) is 0.185. The fourth-order valence-electron chi connectivity index (χ4n) is 4.53. The molecule has 40 heavy (non-hydrogen) atoms. The van der Waals surface area contributed by atoms with Crippen LogP contribution >= 0.6 is 11.6 Å². The number of rotatable bonds is 6. The molecule has 0 amide bonds. The summed E-state index contributed by atoms with van der Waals surface area (Å²) in [5.74, 6) is -1.96. The molecule has 1 saturated heterocycles. The molecule has 1 aliphatic rings. The number of carboxylic acid groups (broad SMARTS) is 1. The molecule has 1 N–H and O–H groups in total. The van der Waals surface area contributed by atoms with Gasteiger partial charge in [-0.05, 0) is 42.5 Å². The molecule has 0 bridgehead atoms. The van der Waals surface area contributed by atoms with Crippen LogP contribution in [0.1, 0.15) is 12.0 Å². The number of benzene rings is 3. The van der Waals surface area contributed by atoms with E-state index in [0.29, 0.717) is 6.07 Å². The van der Waals surface area contributed by atoms with Crippen molar-refractivity contribution in [1.82, 2.24) is 4.31 Å². The smallest absolute Gasteiger partial charge is 0.416 e. The van der Waals surface area contributed by atoms with Crippen LogP contribution in [0.4, 0.5) is 13.2 Å². The Hall–Kier alpha value is -3.87. The molecule has 0 unspecified atom stereocenters. The summed E-state index contributed by atoms with van der Waals surface area (Å²) in [6.45, 7) is -0.447. The minimum atomic E-state index is -4.76. The first-order valence-electron chi connectivity index (χ1n) is 11.8. The van der Waals surface area contributed by atoms with Crippen molar-refractivity contribution < 1.29 is 40.6 Å². The number of carboxylic acids is 1. The molecule has 5 rings (SSSR count).